The molecule has 2 rings (SSSR count). The summed E-state index contributed by atoms with van der Waals surface area (Å²) in [7, 11) is 0. The van der Waals surface area contributed by atoms with E-state index in [0.29, 0.717) is 12.1 Å². The van der Waals surface area contributed by atoms with Gasteiger partial charge >= 0.3 is 0 Å². The molecule has 1 heterocycles. The van der Waals surface area contributed by atoms with Crippen LogP contribution in [0.5, 0.6) is 5.75 Å². The predicted molar refractivity (Wildman–Crippen MR) is 86.5 cm³/mol. The number of hydrogen-bond donors (Lipinski definition) is 1. The van der Waals surface area contributed by atoms with Crippen molar-refractivity contribution in [1.29, 1.82) is 0 Å². The van der Waals surface area contributed by atoms with Gasteiger partial charge in [-0.1, -0.05) is 18.2 Å². The van der Waals surface area contributed by atoms with Crippen LogP contribution in [0, 0.1) is 0 Å². The molecule has 1 aromatic carbocycles. The van der Waals surface area contributed by atoms with Gasteiger partial charge in [0.25, 0.3) is 0 Å². The Morgan fingerprint density at radius 1 is 0.950 bits per heavy atom. The van der Waals surface area contributed by atoms with E-state index >= 15 is 0 Å². The number of hydrogen-bond acceptors (Lipinski definition) is 3. The lowest BCUT2D eigenvalue weighted by Crippen LogP contribution is -2.21. The van der Waals surface area contributed by atoms with E-state index in [4.69, 9.17) is 4.74 Å². The van der Waals surface area contributed by atoms with E-state index in [1.54, 1.807) is 11.3 Å². The molecule has 2 aromatic rings. The molecule has 0 aliphatic heterocycles. The molecular formula is C17H23NOS. The fourth-order valence-electron chi connectivity index (χ4n) is 2.20. The molecule has 3 heteroatoms. The number of rotatable bonds is 6. The van der Waals surface area contributed by atoms with E-state index in [1.807, 2.05) is 26.0 Å². The molecule has 1 aromatic heterocycles. The maximum atomic E-state index is 5.67. The summed E-state index contributed by atoms with van der Waals surface area (Å²) in [6.07, 6.45) is 0.218. The normalized spacial score (nSPS) is 14.2. The van der Waals surface area contributed by atoms with Crippen LogP contribution in [0.3, 0.4) is 0 Å². The smallest absolute Gasteiger partial charge is 0.119 e. The zero-order chi connectivity index (χ0) is 14.5. The van der Waals surface area contributed by atoms with Gasteiger partial charge in [-0.3, -0.25) is 0 Å². The SMILES string of the molecule is CC(C)Oc1ccc(C(C)N[C@@H](C)c2cccs2)cc1. The average Bonchev–Trinajstić information content (AvgIpc) is 2.92. The van der Waals surface area contributed by atoms with Gasteiger partial charge in [0.1, 0.15) is 5.75 Å². The van der Waals surface area contributed by atoms with E-state index in [2.05, 4.69) is 48.8 Å². The van der Waals surface area contributed by atoms with Crippen molar-refractivity contribution in [3.8, 4) is 5.75 Å². The summed E-state index contributed by atoms with van der Waals surface area (Å²) in [6.45, 7) is 8.49. The Morgan fingerprint density at radius 3 is 2.20 bits per heavy atom. The highest BCUT2D eigenvalue weighted by Crippen LogP contribution is 2.24. The molecule has 20 heavy (non-hydrogen) atoms. The molecule has 0 saturated carbocycles. The topological polar surface area (TPSA) is 21.3 Å². The molecule has 0 saturated heterocycles. The van der Waals surface area contributed by atoms with Crippen molar-refractivity contribution in [3.63, 3.8) is 0 Å². The van der Waals surface area contributed by atoms with Gasteiger partial charge < -0.3 is 10.1 Å². The fourth-order valence-corrected chi connectivity index (χ4v) is 2.94. The van der Waals surface area contributed by atoms with Crippen molar-refractivity contribution >= 4 is 11.3 Å². The summed E-state index contributed by atoms with van der Waals surface area (Å²) >= 11 is 1.79. The van der Waals surface area contributed by atoms with Gasteiger partial charge in [0, 0.05) is 17.0 Å². The molecule has 2 nitrogen and oxygen atoms in total. The molecule has 0 fully saturated rings. The third kappa shape index (κ3) is 4.09. The quantitative estimate of drug-likeness (QED) is 0.812. The molecule has 0 aliphatic carbocycles. The molecule has 108 valence electrons. The summed E-state index contributed by atoms with van der Waals surface area (Å²) in [6, 6.07) is 13.3. The highest BCUT2D eigenvalue weighted by molar-refractivity contribution is 7.10. The van der Waals surface area contributed by atoms with Crippen molar-refractivity contribution in [2.24, 2.45) is 0 Å². The highest BCUT2D eigenvalue weighted by Gasteiger charge is 2.12. The van der Waals surface area contributed by atoms with Crippen molar-refractivity contribution in [2.75, 3.05) is 0 Å². The van der Waals surface area contributed by atoms with Gasteiger partial charge in [0.2, 0.25) is 0 Å². The van der Waals surface area contributed by atoms with Crippen LogP contribution >= 0.6 is 11.3 Å². The monoisotopic (exact) mass is 289 g/mol. The van der Waals surface area contributed by atoms with Crippen LogP contribution in [0.25, 0.3) is 0 Å². The summed E-state index contributed by atoms with van der Waals surface area (Å²) in [4.78, 5) is 1.37. The van der Waals surface area contributed by atoms with Crippen LogP contribution in [0.15, 0.2) is 41.8 Å². The summed E-state index contributed by atoms with van der Waals surface area (Å²) in [5.74, 6) is 0.933. The molecule has 1 unspecified atom stereocenters. The van der Waals surface area contributed by atoms with Gasteiger partial charge in [0.05, 0.1) is 6.10 Å². The van der Waals surface area contributed by atoms with Crippen LogP contribution in [-0.4, -0.2) is 6.10 Å². The third-order valence-corrected chi connectivity index (χ3v) is 4.28. The Balaban J connectivity index is 1.97. The summed E-state index contributed by atoms with van der Waals surface area (Å²) < 4.78 is 5.67. The minimum atomic E-state index is 0.218. The Morgan fingerprint density at radius 2 is 1.65 bits per heavy atom. The lowest BCUT2D eigenvalue weighted by atomic mass is 10.1. The molecular weight excluding hydrogens is 266 g/mol. The first-order chi connectivity index (χ1) is 9.56. The Kier molecular flexibility index (Phi) is 5.21. The minimum Gasteiger partial charge on any atom is -0.491 e. The predicted octanol–water partition coefficient (Wildman–Crippen LogP) is 4.95. The van der Waals surface area contributed by atoms with Crippen LogP contribution in [0.1, 0.15) is 50.2 Å². The first kappa shape index (κ1) is 15.1. The lowest BCUT2D eigenvalue weighted by Gasteiger charge is -2.20. The van der Waals surface area contributed by atoms with Gasteiger partial charge in [-0.05, 0) is 56.8 Å². The van der Waals surface area contributed by atoms with Crippen molar-refractivity contribution in [3.05, 3.63) is 52.2 Å². The molecule has 0 radical (unpaired) electrons. The molecule has 2 atom stereocenters. The maximum absolute atomic E-state index is 5.67. The third-order valence-electron chi connectivity index (χ3n) is 3.22. The van der Waals surface area contributed by atoms with E-state index < -0.39 is 0 Å². The second kappa shape index (κ2) is 6.91. The van der Waals surface area contributed by atoms with Crippen LogP contribution in [0.2, 0.25) is 0 Å². The van der Waals surface area contributed by atoms with Gasteiger partial charge in [-0.15, -0.1) is 11.3 Å². The van der Waals surface area contributed by atoms with Crippen molar-refractivity contribution < 1.29 is 4.74 Å². The molecule has 1 N–H and O–H groups in total. The van der Waals surface area contributed by atoms with Crippen molar-refractivity contribution in [1.82, 2.24) is 5.32 Å². The lowest BCUT2D eigenvalue weighted by molar-refractivity contribution is 0.242. The van der Waals surface area contributed by atoms with Crippen molar-refractivity contribution in [2.45, 2.75) is 45.9 Å². The summed E-state index contributed by atoms with van der Waals surface area (Å²) in [5.41, 5.74) is 1.28. The van der Waals surface area contributed by atoms with Crippen LogP contribution in [0.4, 0.5) is 0 Å². The van der Waals surface area contributed by atoms with E-state index in [-0.39, 0.29) is 6.10 Å². The number of nitrogens with one attached hydrogen (secondary N) is 1. The second-order valence-corrected chi connectivity index (χ2v) is 6.34. The Labute approximate surface area is 125 Å². The number of benzene rings is 1. The largest absolute Gasteiger partial charge is 0.491 e. The summed E-state index contributed by atoms with van der Waals surface area (Å²) in [5, 5.41) is 5.75. The Bertz CT molecular complexity index is 504. The first-order valence-corrected chi connectivity index (χ1v) is 8.00. The Hall–Kier alpha value is -1.32. The van der Waals surface area contributed by atoms with Gasteiger partial charge in [-0.25, -0.2) is 0 Å². The molecule has 0 aliphatic rings. The zero-order valence-corrected chi connectivity index (χ0v) is 13.4. The van der Waals surface area contributed by atoms with E-state index in [9.17, 15) is 0 Å². The number of thiophene rings is 1. The fraction of sp³-hybridized carbons (Fsp3) is 0.412. The highest BCUT2D eigenvalue weighted by atomic mass is 32.1. The standard InChI is InChI=1S/C17H23NOS/c1-12(2)19-16-9-7-15(8-10-16)13(3)18-14(4)17-6-5-11-20-17/h5-14,18H,1-4H3/t13?,14-/m0/s1. The molecule has 0 bridgehead atoms. The van der Waals surface area contributed by atoms with E-state index in [1.165, 1.54) is 10.4 Å². The van der Waals surface area contributed by atoms with Crippen LogP contribution < -0.4 is 10.1 Å². The molecule has 0 spiro atoms. The van der Waals surface area contributed by atoms with E-state index in [0.717, 1.165) is 5.75 Å². The second-order valence-electron chi connectivity index (χ2n) is 5.36. The van der Waals surface area contributed by atoms with Crippen LogP contribution in [-0.2, 0) is 0 Å². The first-order valence-electron chi connectivity index (χ1n) is 7.12. The minimum absolute atomic E-state index is 0.218. The maximum Gasteiger partial charge on any atom is 0.119 e. The number of ether oxygens (including phenoxy) is 1. The molecule has 0 amide bonds. The van der Waals surface area contributed by atoms with Gasteiger partial charge in [-0.2, -0.15) is 0 Å². The van der Waals surface area contributed by atoms with Gasteiger partial charge in [0.15, 0.2) is 0 Å². The average molecular weight is 289 g/mol. The zero-order valence-electron chi connectivity index (χ0n) is 12.6.